The van der Waals surface area contributed by atoms with Crippen molar-refractivity contribution in [2.75, 3.05) is 6.54 Å². The monoisotopic (exact) mass is 296 g/mol. The molecule has 0 bridgehead atoms. The maximum Gasteiger partial charge on any atom is 0.243 e. The molecule has 0 saturated carbocycles. The van der Waals surface area contributed by atoms with E-state index in [2.05, 4.69) is 5.32 Å². The minimum atomic E-state index is -0.983. The molecule has 0 spiro atoms. The van der Waals surface area contributed by atoms with Crippen LogP contribution in [-0.4, -0.2) is 52.5 Å². The third kappa shape index (κ3) is 4.16. The number of primary amides is 1. The SMILES string of the molecule is CC(=O)N1C[C@H](O)C[C@H]1C(=O)N[C@H](C(N)=O)[C@H](C)CC#N. The number of nitrogens with zero attached hydrogens (tertiary/aromatic N) is 2. The van der Waals surface area contributed by atoms with Crippen LogP contribution in [0.2, 0.25) is 0 Å². The summed E-state index contributed by atoms with van der Waals surface area (Å²) in [5.74, 6) is -2.05. The van der Waals surface area contributed by atoms with Crippen molar-refractivity contribution in [2.24, 2.45) is 11.7 Å². The minimum absolute atomic E-state index is 0.0671. The van der Waals surface area contributed by atoms with E-state index in [1.54, 1.807) is 6.92 Å². The average molecular weight is 296 g/mol. The Morgan fingerprint density at radius 3 is 2.62 bits per heavy atom. The molecule has 8 heteroatoms. The van der Waals surface area contributed by atoms with Gasteiger partial charge in [-0.1, -0.05) is 6.92 Å². The fourth-order valence-corrected chi connectivity index (χ4v) is 2.42. The maximum atomic E-state index is 12.2. The fraction of sp³-hybridized carbons (Fsp3) is 0.692. The highest BCUT2D eigenvalue weighted by atomic mass is 16.3. The third-order valence-electron chi connectivity index (χ3n) is 3.57. The summed E-state index contributed by atoms with van der Waals surface area (Å²) in [6.45, 7) is 3.02. The topological polar surface area (TPSA) is 137 Å². The van der Waals surface area contributed by atoms with Gasteiger partial charge in [-0.2, -0.15) is 5.26 Å². The molecule has 1 fully saturated rings. The Hall–Kier alpha value is -2.14. The van der Waals surface area contributed by atoms with Crippen molar-refractivity contribution in [3.8, 4) is 6.07 Å². The highest BCUT2D eigenvalue weighted by molar-refractivity contribution is 5.91. The van der Waals surface area contributed by atoms with Gasteiger partial charge in [0.15, 0.2) is 0 Å². The smallest absolute Gasteiger partial charge is 0.243 e. The lowest BCUT2D eigenvalue weighted by Crippen LogP contribution is -2.54. The van der Waals surface area contributed by atoms with Crippen LogP contribution in [0.4, 0.5) is 0 Å². The Kier molecular flexibility index (Phi) is 5.67. The zero-order chi connectivity index (χ0) is 16.2. The summed E-state index contributed by atoms with van der Waals surface area (Å²) in [6, 6.07) is 0.108. The zero-order valence-electron chi connectivity index (χ0n) is 12.1. The Bertz CT molecular complexity index is 473. The summed E-state index contributed by atoms with van der Waals surface area (Å²) in [5, 5.41) is 20.7. The number of β-amino-alcohol motifs (C(OH)–C–C–N with tert-alkyl or cyclic N) is 1. The molecule has 1 aliphatic rings. The van der Waals surface area contributed by atoms with E-state index in [0.29, 0.717) is 0 Å². The molecule has 4 N–H and O–H groups in total. The van der Waals surface area contributed by atoms with E-state index in [4.69, 9.17) is 11.0 Å². The molecule has 3 amide bonds. The van der Waals surface area contributed by atoms with Gasteiger partial charge in [-0.25, -0.2) is 0 Å². The summed E-state index contributed by atoms with van der Waals surface area (Å²) in [5.41, 5.74) is 5.24. The number of hydrogen-bond acceptors (Lipinski definition) is 5. The predicted molar refractivity (Wildman–Crippen MR) is 72.3 cm³/mol. The summed E-state index contributed by atoms with van der Waals surface area (Å²) < 4.78 is 0. The molecule has 0 aromatic heterocycles. The maximum absolute atomic E-state index is 12.2. The molecule has 1 aliphatic heterocycles. The van der Waals surface area contributed by atoms with Crippen molar-refractivity contribution >= 4 is 17.7 Å². The summed E-state index contributed by atoms with van der Waals surface area (Å²) in [7, 11) is 0. The van der Waals surface area contributed by atoms with Gasteiger partial charge in [0.05, 0.1) is 12.2 Å². The van der Waals surface area contributed by atoms with Gasteiger partial charge in [0.2, 0.25) is 17.7 Å². The highest BCUT2D eigenvalue weighted by Crippen LogP contribution is 2.19. The number of nitrogens with two attached hydrogens (primary N) is 1. The van der Waals surface area contributed by atoms with Crippen LogP contribution in [0.15, 0.2) is 0 Å². The number of aliphatic hydroxyl groups excluding tert-OH is 1. The molecule has 0 aromatic carbocycles. The first-order valence-corrected chi connectivity index (χ1v) is 6.69. The van der Waals surface area contributed by atoms with Crippen molar-refractivity contribution in [1.29, 1.82) is 5.26 Å². The molecule has 0 radical (unpaired) electrons. The third-order valence-corrected chi connectivity index (χ3v) is 3.57. The van der Waals surface area contributed by atoms with Crippen molar-refractivity contribution in [3.05, 3.63) is 0 Å². The molecule has 0 aromatic rings. The second kappa shape index (κ2) is 7.04. The first-order chi connectivity index (χ1) is 9.77. The lowest BCUT2D eigenvalue weighted by atomic mass is 9.98. The Labute approximate surface area is 122 Å². The summed E-state index contributed by atoms with van der Waals surface area (Å²) in [4.78, 5) is 36.4. The van der Waals surface area contributed by atoms with Crippen LogP contribution in [0.5, 0.6) is 0 Å². The van der Waals surface area contributed by atoms with E-state index in [1.165, 1.54) is 11.8 Å². The van der Waals surface area contributed by atoms with Crippen LogP contribution < -0.4 is 11.1 Å². The molecular formula is C13H20N4O4. The normalized spacial score (nSPS) is 24.0. The molecular weight excluding hydrogens is 276 g/mol. The number of nitrogens with one attached hydrogen (secondary N) is 1. The average Bonchev–Trinajstić information content (AvgIpc) is 2.78. The Balaban J connectivity index is 2.80. The number of carbonyl (C=O) groups is 3. The molecule has 1 rings (SSSR count). The number of rotatable bonds is 5. The van der Waals surface area contributed by atoms with E-state index < -0.39 is 35.9 Å². The number of aliphatic hydroxyl groups is 1. The summed E-state index contributed by atoms with van der Waals surface area (Å²) in [6.07, 6.45) is -0.589. The predicted octanol–water partition coefficient (Wildman–Crippen LogP) is -1.51. The molecule has 21 heavy (non-hydrogen) atoms. The first kappa shape index (κ1) is 16.9. The van der Waals surface area contributed by atoms with E-state index in [9.17, 15) is 19.5 Å². The molecule has 116 valence electrons. The molecule has 4 atom stereocenters. The second-order valence-electron chi connectivity index (χ2n) is 5.30. The van der Waals surface area contributed by atoms with Crippen LogP contribution in [-0.2, 0) is 14.4 Å². The Morgan fingerprint density at radius 2 is 2.14 bits per heavy atom. The molecule has 1 heterocycles. The zero-order valence-corrected chi connectivity index (χ0v) is 12.1. The van der Waals surface area contributed by atoms with Gasteiger partial charge < -0.3 is 21.1 Å². The van der Waals surface area contributed by atoms with Gasteiger partial charge >= 0.3 is 0 Å². The van der Waals surface area contributed by atoms with Crippen molar-refractivity contribution in [3.63, 3.8) is 0 Å². The first-order valence-electron chi connectivity index (χ1n) is 6.69. The standard InChI is InChI=1S/C13H20N4O4/c1-7(3-4-14)11(12(15)20)16-13(21)10-5-9(19)6-17(10)8(2)18/h7,9-11,19H,3,5-6H2,1-2H3,(H2,15,20)(H,16,21)/t7-,9-,10+,11+/m1/s1. The lowest BCUT2D eigenvalue weighted by Gasteiger charge is -2.26. The second-order valence-corrected chi connectivity index (χ2v) is 5.30. The van der Waals surface area contributed by atoms with Crippen molar-refractivity contribution in [1.82, 2.24) is 10.2 Å². The number of hydrogen-bond donors (Lipinski definition) is 3. The largest absolute Gasteiger partial charge is 0.391 e. The van der Waals surface area contributed by atoms with E-state index in [0.717, 1.165) is 0 Å². The van der Waals surface area contributed by atoms with Crippen molar-refractivity contribution in [2.45, 2.75) is 44.9 Å². The summed E-state index contributed by atoms with van der Waals surface area (Å²) >= 11 is 0. The van der Waals surface area contributed by atoms with Gasteiger partial charge in [-0.3, -0.25) is 14.4 Å². The molecule has 0 aliphatic carbocycles. The number of amides is 3. The van der Waals surface area contributed by atoms with Crippen LogP contribution in [0, 0.1) is 17.2 Å². The number of likely N-dealkylation sites (tertiary alicyclic amines) is 1. The van der Waals surface area contributed by atoms with Gasteiger partial charge in [-0.15, -0.1) is 0 Å². The fourth-order valence-electron chi connectivity index (χ4n) is 2.42. The van der Waals surface area contributed by atoms with Gasteiger partial charge in [0.25, 0.3) is 0 Å². The van der Waals surface area contributed by atoms with E-state index in [-0.39, 0.29) is 25.3 Å². The van der Waals surface area contributed by atoms with Crippen LogP contribution in [0.1, 0.15) is 26.7 Å². The Morgan fingerprint density at radius 1 is 1.52 bits per heavy atom. The molecule has 1 saturated heterocycles. The van der Waals surface area contributed by atoms with Crippen LogP contribution in [0.3, 0.4) is 0 Å². The van der Waals surface area contributed by atoms with Gasteiger partial charge in [0, 0.05) is 26.3 Å². The van der Waals surface area contributed by atoms with Gasteiger partial charge in [-0.05, 0) is 5.92 Å². The molecule has 0 unspecified atom stereocenters. The van der Waals surface area contributed by atoms with E-state index in [1.807, 2.05) is 6.07 Å². The van der Waals surface area contributed by atoms with Crippen molar-refractivity contribution < 1.29 is 19.5 Å². The quantitative estimate of drug-likeness (QED) is 0.566. The van der Waals surface area contributed by atoms with Gasteiger partial charge in [0.1, 0.15) is 12.1 Å². The van der Waals surface area contributed by atoms with Crippen LogP contribution >= 0.6 is 0 Å². The number of nitriles is 1. The lowest BCUT2D eigenvalue weighted by molar-refractivity contribution is -0.138. The van der Waals surface area contributed by atoms with Crippen LogP contribution in [0.25, 0.3) is 0 Å². The highest BCUT2D eigenvalue weighted by Gasteiger charge is 2.39. The molecule has 8 nitrogen and oxygen atoms in total. The number of carbonyl (C=O) groups excluding carboxylic acids is 3. The van der Waals surface area contributed by atoms with E-state index >= 15 is 0 Å². The minimum Gasteiger partial charge on any atom is -0.391 e.